The van der Waals surface area contributed by atoms with Crippen molar-refractivity contribution >= 4 is 38.8 Å². The van der Waals surface area contributed by atoms with Crippen molar-refractivity contribution < 1.29 is 0 Å². The summed E-state index contributed by atoms with van der Waals surface area (Å²) in [5.41, 5.74) is 11.5. The summed E-state index contributed by atoms with van der Waals surface area (Å²) in [5.74, 6) is 3.60. The minimum atomic E-state index is 0.405. The van der Waals surface area contributed by atoms with Crippen molar-refractivity contribution in [1.82, 2.24) is 15.0 Å². The van der Waals surface area contributed by atoms with Gasteiger partial charge in [-0.1, -0.05) is 213 Å². The monoisotopic (exact) mass is 821 g/mol. The molecule has 0 bridgehead atoms. The lowest BCUT2D eigenvalue weighted by molar-refractivity contribution is 0.925. The van der Waals surface area contributed by atoms with E-state index in [1.807, 2.05) is 91.0 Å². The zero-order valence-corrected chi connectivity index (χ0v) is 35.4. The molecule has 2 atom stereocenters. The first-order valence-corrected chi connectivity index (χ1v) is 21.9. The number of benzene rings is 9. The summed E-state index contributed by atoms with van der Waals surface area (Å²) in [6.45, 7) is 2.31. The van der Waals surface area contributed by atoms with Crippen LogP contribution in [0.25, 0.3) is 78.0 Å². The second-order valence-corrected chi connectivity index (χ2v) is 16.5. The molecule has 0 N–H and O–H groups in total. The molecule has 5 heteroatoms. The van der Waals surface area contributed by atoms with Crippen LogP contribution >= 0.6 is 0 Å². The van der Waals surface area contributed by atoms with Gasteiger partial charge in [0.1, 0.15) is 0 Å². The lowest BCUT2D eigenvalue weighted by atomic mass is 9.84. The van der Waals surface area contributed by atoms with E-state index in [1.165, 1.54) is 32.7 Å². The molecule has 304 valence electrons. The van der Waals surface area contributed by atoms with E-state index in [-0.39, 0.29) is 0 Å². The molecule has 1 aliphatic carbocycles. The minimum absolute atomic E-state index is 0.405. The first-order chi connectivity index (χ1) is 31.6. The van der Waals surface area contributed by atoms with E-state index in [0.717, 1.165) is 56.8 Å². The number of hydrogen-bond acceptors (Lipinski definition) is 4. The summed E-state index contributed by atoms with van der Waals surface area (Å²) in [6.07, 6.45) is 1.13. The number of para-hydroxylation sites is 1. The second-order valence-electron chi connectivity index (χ2n) is 16.5. The highest BCUT2D eigenvalue weighted by atomic mass is 15.0. The van der Waals surface area contributed by atoms with E-state index >= 15 is 0 Å². The highest BCUT2D eigenvalue weighted by Gasteiger charge is 2.38. The maximum Gasteiger partial charge on any atom is 0.164 e. The van der Waals surface area contributed by atoms with E-state index in [9.17, 15) is 0 Å². The molecule has 9 aromatic carbocycles. The molecule has 5 nitrogen and oxygen atoms in total. The lowest BCUT2D eigenvalue weighted by Gasteiger charge is -2.19. The molecular formula is C59H43N5. The normalized spacial score (nSPS) is 15.1. The molecule has 0 radical (unpaired) electrons. The Kier molecular flexibility index (Phi) is 10.3. The van der Waals surface area contributed by atoms with Crippen LogP contribution < -0.4 is 0 Å². The predicted molar refractivity (Wildman–Crippen MR) is 265 cm³/mol. The van der Waals surface area contributed by atoms with Crippen LogP contribution in [0.1, 0.15) is 24.5 Å². The van der Waals surface area contributed by atoms with Crippen LogP contribution in [-0.4, -0.2) is 26.5 Å². The number of amidine groups is 1. The topological polar surface area (TPSA) is 63.4 Å². The van der Waals surface area contributed by atoms with Crippen LogP contribution in [-0.2, 0) is 0 Å². The average molecular weight is 822 g/mol. The summed E-state index contributed by atoms with van der Waals surface area (Å²) in [7, 11) is 0. The third kappa shape index (κ3) is 7.69. The zero-order valence-electron chi connectivity index (χ0n) is 35.4. The molecular weight excluding hydrogens is 779 g/mol. The molecule has 0 amide bonds. The Morgan fingerprint density at radius 1 is 0.391 bits per heavy atom. The Balaban J connectivity index is 1.05. The molecule has 2 unspecified atom stereocenters. The van der Waals surface area contributed by atoms with Gasteiger partial charge in [-0.2, -0.15) is 0 Å². The highest BCUT2D eigenvalue weighted by Crippen LogP contribution is 2.45. The molecule has 1 aliphatic rings. The summed E-state index contributed by atoms with van der Waals surface area (Å²) < 4.78 is 0. The fraction of sp³-hybridized carbons (Fsp3) is 0.0678. The van der Waals surface area contributed by atoms with Gasteiger partial charge in [-0.05, 0) is 73.8 Å². The van der Waals surface area contributed by atoms with Gasteiger partial charge in [0, 0.05) is 28.2 Å². The average Bonchev–Trinajstić information content (AvgIpc) is 4.11. The number of hydrogen-bond donors (Lipinski definition) is 0. The highest BCUT2D eigenvalue weighted by molar-refractivity contribution is 6.22. The minimum Gasteiger partial charge on any atom is -0.232 e. The summed E-state index contributed by atoms with van der Waals surface area (Å²) in [5, 5.41) is 4.81. The van der Waals surface area contributed by atoms with Gasteiger partial charge < -0.3 is 0 Å². The van der Waals surface area contributed by atoms with Gasteiger partial charge in [0.05, 0.1) is 11.4 Å². The Morgan fingerprint density at radius 3 is 1.23 bits per heavy atom. The molecule has 1 heterocycles. The summed E-state index contributed by atoms with van der Waals surface area (Å²) in [6, 6.07) is 76.0. The third-order valence-corrected chi connectivity index (χ3v) is 12.2. The van der Waals surface area contributed by atoms with E-state index in [1.54, 1.807) is 0 Å². The molecule has 64 heavy (non-hydrogen) atoms. The molecule has 0 aliphatic heterocycles. The van der Waals surface area contributed by atoms with Gasteiger partial charge in [0.15, 0.2) is 23.3 Å². The number of aromatic nitrogens is 3. The van der Waals surface area contributed by atoms with Crippen molar-refractivity contribution in [3.05, 3.63) is 230 Å². The second kappa shape index (κ2) is 17.0. The van der Waals surface area contributed by atoms with Gasteiger partial charge in [0.2, 0.25) is 0 Å². The number of fused-ring (bicyclic) bond motifs is 3. The van der Waals surface area contributed by atoms with Crippen LogP contribution in [0, 0.1) is 11.8 Å². The van der Waals surface area contributed by atoms with E-state index in [4.69, 9.17) is 24.9 Å². The Bertz CT molecular complexity index is 3270. The predicted octanol–water partition coefficient (Wildman–Crippen LogP) is 14.7. The smallest absolute Gasteiger partial charge is 0.164 e. The van der Waals surface area contributed by atoms with E-state index < -0.39 is 0 Å². The Hall–Kier alpha value is -8.15. The van der Waals surface area contributed by atoms with Crippen molar-refractivity contribution in [3.63, 3.8) is 0 Å². The molecule has 1 saturated carbocycles. The van der Waals surface area contributed by atoms with E-state index in [0.29, 0.717) is 35.1 Å². The molecule has 1 aromatic heterocycles. The lowest BCUT2D eigenvalue weighted by Crippen LogP contribution is -2.10. The molecule has 10 aromatic rings. The van der Waals surface area contributed by atoms with Gasteiger partial charge >= 0.3 is 0 Å². The largest absolute Gasteiger partial charge is 0.232 e. The van der Waals surface area contributed by atoms with Crippen molar-refractivity contribution in [2.75, 3.05) is 0 Å². The summed E-state index contributed by atoms with van der Waals surface area (Å²) >= 11 is 0. The fourth-order valence-corrected chi connectivity index (χ4v) is 8.82. The molecule has 0 spiro atoms. The van der Waals surface area contributed by atoms with Gasteiger partial charge in [-0.25, -0.2) is 24.9 Å². The Labute approximate surface area is 373 Å². The molecule has 0 saturated heterocycles. The SMILES string of the molecule is CC1CC1/C(=N\C(=N/c1ccccc1)c1ccc(-c2c(-c3ccc(-c4nc(-c5ccccc5)nc(-c5ccccc5)n4)cc3)c3ccccc3c3ccccc23)cc1)c1ccccc1. The van der Waals surface area contributed by atoms with Crippen LogP contribution in [0.15, 0.2) is 228 Å². The van der Waals surface area contributed by atoms with E-state index in [2.05, 4.69) is 134 Å². The van der Waals surface area contributed by atoms with Crippen molar-refractivity contribution in [2.45, 2.75) is 13.3 Å². The third-order valence-electron chi connectivity index (χ3n) is 12.2. The molecule has 1 fully saturated rings. The van der Waals surface area contributed by atoms with Gasteiger partial charge in [0.25, 0.3) is 0 Å². The van der Waals surface area contributed by atoms with Crippen LogP contribution in [0.2, 0.25) is 0 Å². The van der Waals surface area contributed by atoms with Crippen LogP contribution in [0.4, 0.5) is 5.69 Å². The first-order valence-electron chi connectivity index (χ1n) is 21.9. The number of rotatable bonds is 9. The zero-order chi connectivity index (χ0) is 42.8. The quantitative estimate of drug-likeness (QED) is 0.0827. The molecule has 11 rings (SSSR count). The number of aliphatic imine (C=N–C) groups is 2. The number of nitrogens with zero attached hydrogens (tertiary/aromatic N) is 5. The van der Waals surface area contributed by atoms with Gasteiger partial charge in [-0.15, -0.1) is 0 Å². The Morgan fingerprint density at radius 2 is 0.766 bits per heavy atom. The van der Waals surface area contributed by atoms with Crippen LogP contribution in [0.3, 0.4) is 0 Å². The maximum absolute atomic E-state index is 5.41. The maximum atomic E-state index is 5.41. The van der Waals surface area contributed by atoms with Crippen molar-refractivity contribution in [1.29, 1.82) is 0 Å². The standard InChI is InChI=1S/C59H43N5/c1-39-38-52(39)55(42-18-6-2-7-19-42)61-56(60-47-24-12-5-13-25-47)45-34-30-40(31-35-45)53-50-28-16-14-26-48(50)49-27-15-17-29-51(49)54(53)41-32-36-46(37-33-41)59-63-57(43-20-8-3-9-21-43)62-58(64-59)44-22-10-4-11-23-44/h2-37,39,52H,38H2,1H3/b60-56-,61-55-. The van der Waals surface area contributed by atoms with Crippen molar-refractivity contribution in [3.8, 4) is 56.4 Å². The summed E-state index contributed by atoms with van der Waals surface area (Å²) in [4.78, 5) is 25.5. The first kappa shape index (κ1) is 38.7. The van der Waals surface area contributed by atoms with Crippen molar-refractivity contribution in [2.24, 2.45) is 21.8 Å². The van der Waals surface area contributed by atoms with Crippen LogP contribution in [0.5, 0.6) is 0 Å². The fourth-order valence-electron chi connectivity index (χ4n) is 8.82. The van der Waals surface area contributed by atoms with Gasteiger partial charge in [-0.3, -0.25) is 0 Å².